The van der Waals surface area contributed by atoms with Gasteiger partial charge in [-0.3, -0.25) is 19.1 Å². The topological polar surface area (TPSA) is 118 Å². The summed E-state index contributed by atoms with van der Waals surface area (Å²) in [4.78, 5) is 47.3. The average molecular weight is 561 g/mol. The Morgan fingerprint density at radius 3 is 2.75 bits per heavy atom. The number of ether oxygens (including phenoxy) is 1. The molecule has 4 heterocycles. The van der Waals surface area contributed by atoms with E-state index < -0.39 is 0 Å². The molecular weight excluding hydrogens is 532 g/mol. The summed E-state index contributed by atoms with van der Waals surface area (Å²) in [7, 11) is 1.63. The van der Waals surface area contributed by atoms with Gasteiger partial charge in [0.05, 0.1) is 18.7 Å². The molecule has 1 aliphatic rings. The largest absolute Gasteiger partial charge is 0.496 e. The van der Waals surface area contributed by atoms with Crippen LogP contribution in [0.5, 0.6) is 5.75 Å². The number of rotatable bonds is 9. The van der Waals surface area contributed by atoms with Gasteiger partial charge in [0.15, 0.2) is 0 Å². The standard InChI is InChI=1S/C28H29ClN8O3/c1-40-23-7-3-2-5-20(23)8-10-32-26(38)15-22-18-35(27(39)21-6-4-9-30-17-21)13-14-37(22)25-16-24(29)33-28(34-25)36-12-11-31-19-36/h2-7,9,11-12,16-17,19,22H,8,10,13-15,18H2,1H3,(H,32,38). The van der Waals surface area contributed by atoms with Gasteiger partial charge in [-0.05, 0) is 30.2 Å². The number of para-hydroxylation sites is 1. The summed E-state index contributed by atoms with van der Waals surface area (Å²) in [6.07, 6.45) is 8.92. The van der Waals surface area contributed by atoms with Crippen LogP contribution < -0.4 is 15.0 Å². The molecular formula is C28H29ClN8O3. The first kappa shape index (κ1) is 27.1. The summed E-state index contributed by atoms with van der Waals surface area (Å²) < 4.78 is 7.08. The maximum Gasteiger partial charge on any atom is 0.255 e. The first-order valence-corrected chi connectivity index (χ1v) is 13.3. The fourth-order valence-corrected chi connectivity index (χ4v) is 4.93. The molecule has 5 rings (SSSR count). The zero-order chi connectivity index (χ0) is 27.9. The summed E-state index contributed by atoms with van der Waals surface area (Å²) in [5.41, 5.74) is 1.52. The molecule has 206 valence electrons. The summed E-state index contributed by atoms with van der Waals surface area (Å²) >= 11 is 6.38. The zero-order valence-electron chi connectivity index (χ0n) is 22.0. The summed E-state index contributed by atoms with van der Waals surface area (Å²) in [5.74, 6) is 1.47. The number of benzene rings is 1. The number of halogens is 1. The number of carbonyl (C=O) groups excluding carboxylic acids is 2. The molecule has 1 N–H and O–H groups in total. The molecule has 40 heavy (non-hydrogen) atoms. The Morgan fingerprint density at radius 1 is 1.10 bits per heavy atom. The van der Waals surface area contributed by atoms with Crippen molar-refractivity contribution in [2.75, 3.05) is 38.2 Å². The quantitative estimate of drug-likeness (QED) is 0.310. The van der Waals surface area contributed by atoms with Gasteiger partial charge < -0.3 is 19.9 Å². The molecule has 0 saturated carbocycles. The van der Waals surface area contributed by atoms with Crippen molar-refractivity contribution in [1.29, 1.82) is 0 Å². The van der Waals surface area contributed by atoms with E-state index >= 15 is 0 Å². The molecule has 1 atom stereocenters. The van der Waals surface area contributed by atoms with Crippen molar-refractivity contribution in [3.05, 3.63) is 89.9 Å². The maximum atomic E-state index is 13.2. The van der Waals surface area contributed by atoms with Gasteiger partial charge in [0.25, 0.3) is 5.91 Å². The number of aromatic nitrogens is 5. The number of imidazole rings is 1. The van der Waals surface area contributed by atoms with E-state index in [1.807, 2.05) is 29.2 Å². The Labute approximate surface area is 236 Å². The first-order chi connectivity index (χ1) is 19.5. The van der Waals surface area contributed by atoms with Crippen LogP contribution in [-0.4, -0.2) is 80.5 Å². The van der Waals surface area contributed by atoms with Crippen molar-refractivity contribution in [3.63, 3.8) is 0 Å². The highest BCUT2D eigenvalue weighted by atomic mass is 35.5. The lowest BCUT2D eigenvalue weighted by molar-refractivity contribution is -0.121. The van der Waals surface area contributed by atoms with Crippen LogP contribution in [0.25, 0.3) is 5.95 Å². The van der Waals surface area contributed by atoms with Crippen LogP contribution in [0.1, 0.15) is 22.3 Å². The fourth-order valence-electron chi connectivity index (χ4n) is 4.75. The van der Waals surface area contributed by atoms with E-state index in [0.29, 0.717) is 49.9 Å². The van der Waals surface area contributed by atoms with E-state index in [1.165, 1.54) is 0 Å². The van der Waals surface area contributed by atoms with Crippen LogP contribution in [0.2, 0.25) is 5.15 Å². The number of hydrogen-bond acceptors (Lipinski definition) is 8. The third kappa shape index (κ3) is 6.37. The average Bonchev–Trinajstić information content (AvgIpc) is 3.52. The highest BCUT2D eigenvalue weighted by molar-refractivity contribution is 6.29. The highest BCUT2D eigenvalue weighted by Crippen LogP contribution is 2.25. The maximum absolute atomic E-state index is 13.2. The first-order valence-electron chi connectivity index (χ1n) is 12.9. The van der Waals surface area contributed by atoms with E-state index in [2.05, 4.69) is 20.3 Å². The van der Waals surface area contributed by atoms with Crippen molar-refractivity contribution in [1.82, 2.24) is 34.7 Å². The number of piperazine rings is 1. The highest BCUT2D eigenvalue weighted by Gasteiger charge is 2.33. The molecule has 12 heteroatoms. The minimum absolute atomic E-state index is 0.129. The normalized spacial score (nSPS) is 15.1. The van der Waals surface area contributed by atoms with Gasteiger partial charge >= 0.3 is 0 Å². The molecule has 11 nitrogen and oxygen atoms in total. The van der Waals surface area contributed by atoms with Gasteiger partial charge in [-0.15, -0.1) is 0 Å². The SMILES string of the molecule is COc1ccccc1CCNC(=O)CC1CN(C(=O)c2cccnc2)CCN1c1cc(Cl)nc(-n2ccnc2)n1. The van der Waals surface area contributed by atoms with Crippen molar-refractivity contribution < 1.29 is 14.3 Å². The minimum atomic E-state index is -0.345. The number of methoxy groups -OCH3 is 1. The van der Waals surface area contributed by atoms with Crippen LogP contribution >= 0.6 is 11.6 Å². The van der Waals surface area contributed by atoms with Crippen LogP contribution in [0.15, 0.2) is 73.6 Å². The Hall–Kier alpha value is -4.51. The second-order valence-electron chi connectivity index (χ2n) is 9.27. The lowest BCUT2D eigenvalue weighted by Crippen LogP contribution is -2.56. The second kappa shape index (κ2) is 12.6. The van der Waals surface area contributed by atoms with E-state index in [1.54, 1.807) is 65.9 Å². The number of anilines is 1. The molecule has 3 aromatic heterocycles. The Morgan fingerprint density at radius 2 is 1.98 bits per heavy atom. The molecule has 1 aliphatic heterocycles. The monoisotopic (exact) mass is 560 g/mol. The molecule has 2 amide bonds. The van der Waals surface area contributed by atoms with Gasteiger partial charge in [0, 0.05) is 63.5 Å². The Balaban J connectivity index is 1.33. The lowest BCUT2D eigenvalue weighted by Gasteiger charge is -2.42. The van der Waals surface area contributed by atoms with Gasteiger partial charge in [-0.25, -0.2) is 9.97 Å². The zero-order valence-corrected chi connectivity index (χ0v) is 22.7. The molecule has 0 radical (unpaired) electrons. The number of nitrogens with zero attached hydrogens (tertiary/aromatic N) is 7. The van der Waals surface area contributed by atoms with Gasteiger partial charge in [-0.1, -0.05) is 29.8 Å². The predicted octanol–water partition coefficient (Wildman–Crippen LogP) is 2.80. The Bertz CT molecular complexity index is 1450. The fraction of sp³-hybridized carbons (Fsp3) is 0.286. The van der Waals surface area contributed by atoms with E-state index in [4.69, 9.17) is 21.3 Å². The van der Waals surface area contributed by atoms with Crippen molar-refractivity contribution >= 4 is 29.2 Å². The molecule has 1 unspecified atom stereocenters. The number of nitrogens with one attached hydrogen (secondary N) is 1. The van der Waals surface area contributed by atoms with Crippen molar-refractivity contribution in [3.8, 4) is 11.7 Å². The van der Waals surface area contributed by atoms with Gasteiger partial charge in [0.2, 0.25) is 11.9 Å². The summed E-state index contributed by atoms with van der Waals surface area (Å²) in [6.45, 7) is 1.69. The number of amides is 2. The van der Waals surface area contributed by atoms with Crippen LogP contribution in [0.3, 0.4) is 0 Å². The molecule has 1 saturated heterocycles. The second-order valence-corrected chi connectivity index (χ2v) is 9.66. The lowest BCUT2D eigenvalue weighted by atomic mass is 10.1. The molecule has 0 aliphatic carbocycles. The van der Waals surface area contributed by atoms with Crippen LogP contribution in [0.4, 0.5) is 5.82 Å². The molecule has 4 aromatic rings. The van der Waals surface area contributed by atoms with Crippen molar-refractivity contribution in [2.45, 2.75) is 18.9 Å². The van der Waals surface area contributed by atoms with E-state index in [9.17, 15) is 9.59 Å². The molecule has 0 bridgehead atoms. The third-order valence-electron chi connectivity index (χ3n) is 6.71. The van der Waals surface area contributed by atoms with E-state index in [-0.39, 0.29) is 29.4 Å². The minimum Gasteiger partial charge on any atom is -0.496 e. The van der Waals surface area contributed by atoms with Crippen LogP contribution in [-0.2, 0) is 11.2 Å². The summed E-state index contributed by atoms with van der Waals surface area (Å²) in [5, 5.41) is 3.28. The third-order valence-corrected chi connectivity index (χ3v) is 6.90. The van der Waals surface area contributed by atoms with Gasteiger partial charge in [0.1, 0.15) is 23.0 Å². The van der Waals surface area contributed by atoms with Crippen LogP contribution in [0, 0.1) is 0 Å². The van der Waals surface area contributed by atoms with Gasteiger partial charge in [-0.2, -0.15) is 4.98 Å². The molecule has 1 fully saturated rings. The van der Waals surface area contributed by atoms with Crippen molar-refractivity contribution in [2.24, 2.45) is 0 Å². The Kier molecular flexibility index (Phi) is 8.50. The number of pyridine rings is 1. The predicted molar refractivity (Wildman–Crippen MR) is 150 cm³/mol. The number of carbonyl (C=O) groups is 2. The molecule has 0 spiro atoms. The summed E-state index contributed by atoms with van der Waals surface area (Å²) in [6, 6.07) is 12.5. The molecule has 1 aromatic carbocycles. The number of hydrogen-bond donors (Lipinski definition) is 1. The van der Waals surface area contributed by atoms with E-state index in [0.717, 1.165) is 11.3 Å². The smallest absolute Gasteiger partial charge is 0.255 e.